The first-order chi connectivity index (χ1) is 12.0. The number of rotatable bonds is 7. The van der Waals surface area contributed by atoms with Gasteiger partial charge < -0.3 is 10.2 Å². The number of amides is 2. The minimum atomic E-state index is -0.140. The highest BCUT2D eigenvalue weighted by Gasteiger charge is 2.14. The number of aryl methyl sites for hydroxylation is 1. The first kappa shape index (κ1) is 19.3. The van der Waals surface area contributed by atoms with Gasteiger partial charge in [-0.05, 0) is 55.8 Å². The van der Waals surface area contributed by atoms with E-state index in [4.69, 9.17) is 11.6 Å². The molecule has 0 heterocycles. The number of carbonyl (C=O) groups is 2. The Morgan fingerprint density at radius 3 is 2.48 bits per heavy atom. The second-order valence-electron chi connectivity index (χ2n) is 5.52. The number of benzene rings is 2. The lowest BCUT2D eigenvalue weighted by Gasteiger charge is -2.21. The first-order valence-electron chi connectivity index (χ1n) is 7.99. The molecular formula is C19H21ClN2O2S. The first-order valence-corrected chi connectivity index (χ1v) is 9.53. The van der Waals surface area contributed by atoms with E-state index in [0.29, 0.717) is 17.3 Å². The zero-order valence-corrected chi connectivity index (χ0v) is 15.9. The summed E-state index contributed by atoms with van der Waals surface area (Å²) in [6.07, 6.45) is 0. The van der Waals surface area contributed by atoms with E-state index in [9.17, 15) is 9.59 Å². The maximum atomic E-state index is 12.4. The van der Waals surface area contributed by atoms with Gasteiger partial charge in [-0.2, -0.15) is 0 Å². The minimum Gasteiger partial charge on any atom is -0.325 e. The van der Waals surface area contributed by atoms with Crippen molar-refractivity contribution in [2.24, 2.45) is 0 Å². The molecule has 4 nitrogen and oxygen atoms in total. The molecule has 0 saturated carbocycles. The van der Waals surface area contributed by atoms with Crippen molar-refractivity contribution in [1.29, 1.82) is 0 Å². The van der Waals surface area contributed by atoms with Gasteiger partial charge in [0.15, 0.2) is 0 Å². The summed E-state index contributed by atoms with van der Waals surface area (Å²) >= 11 is 7.12. The Hall–Kier alpha value is -1.98. The standard InChI is InChI=1S/C19H21ClN2O2S/c1-3-22(17-6-4-5-14(2)11-17)19(24)13-25-12-18(23)21-16-9-7-15(20)8-10-16/h4-11H,3,12-13H2,1-2H3,(H,21,23). The molecule has 6 heteroatoms. The van der Waals surface area contributed by atoms with Gasteiger partial charge in [-0.1, -0.05) is 23.7 Å². The van der Waals surface area contributed by atoms with E-state index in [1.54, 1.807) is 29.2 Å². The fraction of sp³-hybridized carbons (Fsp3) is 0.263. The van der Waals surface area contributed by atoms with Gasteiger partial charge in [0.25, 0.3) is 0 Å². The van der Waals surface area contributed by atoms with Crippen LogP contribution in [0.3, 0.4) is 0 Å². The topological polar surface area (TPSA) is 49.4 Å². The average Bonchev–Trinajstić information content (AvgIpc) is 2.58. The minimum absolute atomic E-state index is 0.00241. The smallest absolute Gasteiger partial charge is 0.236 e. The van der Waals surface area contributed by atoms with Gasteiger partial charge in [-0.3, -0.25) is 9.59 Å². The van der Waals surface area contributed by atoms with E-state index in [2.05, 4.69) is 5.32 Å². The molecular weight excluding hydrogens is 356 g/mol. The lowest BCUT2D eigenvalue weighted by molar-refractivity contribution is -0.116. The van der Waals surface area contributed by atoms with Crippen molar-refractivity contribution in [1.82, 2.24) is 0 Å². The van der Waals surface area contributed by atoms with Crippen LogP contribution in [0.15, 0.2) is 48.5 Å². The highest BCUT2D eigenvalue weighted by atomic mass is 35.5. The maximum absolute atomic E-state index is 12.4. The Labute approximate surface area is 157 Å². The zero-order chi connectivity index (χ0) is 18.2. The molecule has 2 aromatic carbocycles. The van der Waals surface area contributed by atoms with E-state index in [-0.39, 0.29) is 23.3 Å². The zero-order valence-electron chi connectivity index (χ0n) is 14.3. The van der Waals surface area contributed by atoms with Crippen molar-refractivity contribution in [3.05, 3.63) is 59.1 Å². The van der Waals surface area contributed by atoms with Crippen LogP contribution >= 0.6 is 23.4 Å². The summed E-state index contributed by atoms with van der Waals surface area (Å²) in [4.78, 5) is 26.1. The molecule has 0 spiro atoms. The van der Waals surface area contributed by atoms with Crippen molar-refractivity contribution in [3.8, 4) is 0 Å². The van der Waals surface area contributed by atoms with Crippen LogP contribution in [-0.2, 0) is 9.59 Å². The molecule has 0 unspecified atom stereocenters. The van der Waals surface area contributed by atoms with E-state index >= 15 is 0 Å². The van der Waals surface area contributed by atoms with Crippen LogP contribution in [0.4, 0.5) is 11.4 Å². The van der Waals surface area contributed by atoms with E-state index in [1.807, 2.05) is 38.1 Å². The molecule has 0 bridgehead atoms. The highest BCUT2D eigenvalue weighted by molar-refractivity contribution is 8.00. The van der Waals surface area contributed by atoms with Gasteiger partial charge in [0.2, 0.25) is 11.8 Å². The fourth-order valence-corrected chi connectivity index (χ4v) is 3.15. The Bertz CT molecular complexity index is 734. The molecule has 2 amide bonds. The van der Waals surface area contributed by atoms with Crippen LogP contribution in [0, 0.1) is 6.92 Å². The molecule has 2 aromatic rings. The number of nitrogens with one attached hydrogen (secondary N) is 1. The molecule has 2 rings (SSSR count). The molecule has 0 aliphatic heterocycles. The van der Waals surface area contributed by atoms with E-state index < -0.39 is 0 Å². The van der Waals surface area contributed by atoms with Crippen molar-refractivity contribution >= 4 is 46.6 Å². The van der Waals surface area contributed by atoms with Crippen molar-refractivity contribution in [3.63, 3.8) is 0 Å². The molecule has 1 N–H and O–H groups in total. The van der Waals surface area contributed by atoms with Crippen LogP contribution in [0.2, 0.25) is 5.02 Å². The number of nitrogens with zero attached hydrogens (tertiary/aromatic N) is 1. The molecule has 0 aliphatic rings. The molecule has 0 aliphatic carbocycles. The molecule has 0 radical (unpaired) electrons. The summed E-state index contributed by atoms with van der Waals surface area (Å²) in [5.41, 5.74) is 2.69. The highest BCUT2D eigenvalue weighted by Crippen LogP contribution is 2.18. The van der Waals surface area contributed by atoms with Crippen LogP contribution in [-0.4, -0.2) is 29.9 Å². The Morgan fingerprint density at radius 2 is 1.84 bits per heavy atom. The van der Waals surface area contributed by atoms with Gasteiger partial charge in [0, 0.05) is 22.9 Å². The maximum Gasteiger partial charge on any atom is 0.236 e. The van der Waals surface area contributed by atoms with Crippen molar-refractivity contribution in [2.75, 3.05) is 28.3 Å². The van der Waals surface area contributed by atoms with Gasteiger partial charge in [-0.15, -0.1) is 11.8 Å². The normalized spacial score (nSPS) is 10.4. The van der Waals surface area contributed by atoms with Crippen LogP contribution in [0.1, 0.15) is 12.5 Å². The van der Waals surface area contributed by atoms with E-state index in [0.717, 1.165) is 11.3 Å². The third-order valence-corrected chi connectivity index (χ3v) is 4.69. The lowest BCUT2D eigenvalue weighted by atomic mass is 10.2. The summed E-state index contributed by atoms with van der Waals surface area (Å²) in [6, 6.07) is 14.8. The van der Waals surface area contributed by atoms with Gasteiger partial charge in [0.05, 0.1) is 11.5 Å². The van der Waals surface area contributed by atoms with E-state index in [1.165, 1.54) is 11.8 Å². The number of halogens is 1. The summed E-state index contributed by atoms with van der Waals surface area (Å²) < 4.78 is 0. The third kappa shape index (κ3) is 6.11. The summed E-state index contributed by atoms with van der Waals surface area (Å²) in [7, 11) is 0. The number of thioether (sulfide) groups is 1. The van der Waals surface area contributed by atoms with Gasteiger partial charge >= 0.3 is 0 Å². The van der Waals surface area contributed by atoms with Crippen molar-refractivity contribution in [2.45, 2.75) is 13.8 Å². The average molecular weight is 377 g/mol. The van der Waals surface area contributed by atoms with Crippen LogP contribution in [0.5, 0.6) is 0 Å². The van der Waals surface area contributed by atoms with Gasteiger partial charge in [-0.25, -0.2) is 0 Å². The lowest BCUT2D eigenvalue weighted by Crippen LogP contribution is -2.32. The summed E-state index contributed by atoms with van der Waals surface area (Å²) in [5, 5.41) is 3.40. The van der Waals surface area contributed by atoms with Crippen LogP contribution in [0.25, 0.3) is 0 Å². The summed E-state index contributed by atoms with van der Waals surface area (Å²) in [6.45, 7) is 4.54. The number of carbonyl (C=O) groups excluding carboxylic acids is 2. The Morgan fingerprint density at radius 1 is 1.12 bits per heavy atom. The second-order valence-corrected chi connectivity index (χ2v) is 6.95. The molecule has 0 aromatic heterocycles. The predicted octanol–water partition coefficient (Wildman–Crippen LogP) is 4.37. The van der Waals surface area contributed by atoms with Crippen molar-refractivity contribution < 1.29 is 9.59 Å². The summed E-state index contributed by atoms with van der Waals surface area (Å²) in [5.74, 6) is 0.339. The molecule has 25 heavy (non-hydrogen) atoms. The van der Waals surface area contributed by atoms with Gasteiger partial charge in [0.1, 0.15) is 0 Å². The number of anilines is 2. The Balaban J connectivity index is 1.82. The monoisotopic (exact) mass is 376 g/mol. The predicted molar refractivity (Wildman–Crippen MR) is 107 cm³/mol. The molecule has 132 valence electrons. The number of hydrogen-bond donors (Lipinski definition) is 1. The second kappa shape index (κ2) is 9.49. The molecule has 0 saturated heterocycles. The SMILES string of the molecule is CCN(C(=O)CSCC(=O)Nc1ccc(Cl)cc1)c1cccc(C)c1. The quantitative estimate of drug-likeness (QED) is 0.780. The molecule has 0 atom stereocenters. The fourth-order valence-electron chi connectivity index (χ4n) is 2.34. The number of hydrogen-bond acceptors (Lipinski definition) is 3. The van der Waals surface area contributed by atoms with Crippen LogP contribution < -0.4 is 10.2 Å². The Kier molecular flexibility index (Phi) is 7.34. The molecule has 0 fully saturated rings. The largest absolute Gasteiger partial charge is 0.325 e. The third-order valence-electron chi connectivity index (χ3n) is 3.52.